The second-order valence-corrected chi connectivity index (χ2v) is 11.4. The van der Waals surface area contributed by atoms with Crippen molar-refractivity contribution in [3.05, 3.63) is 132 Å². The van der Waals surface area contributed by atoms with Gasteiger partial charge in [0.05, 0.1) is 0 Å². The summed E-state index contributed by atoms with van der Waals surface area (Å²) < 4.78 is 0. The molecule has 6 rings (SSSR count). The van der Waals surface area contributed by atoms with Gasteiger partial charge in [-0.3, -0.25) is 0 Å². The zero-order valence-electron chi connectivity index (χ0n) is 20.4. The molecule has 1 nitrogen and oxygen atoms in total. The van der Waals surface area contributed by atoms with Gasteiger partial charge in [-0.05, 0) is 76.4 Å². The van der Waals surface area contributed by atoms with Crippen LogP contribution < -0.4 is 15.9 Å². The fraction of sp³-hybridized carbons (Fsp3) is 0.0588. The van der Waals surface area contributed by atoms with Crippen LogP contribution in [-0.2, 0) is 0 Å². The summed E-state index contributed by atoms with van der Waals surface area (Å²) in [4.78, 5) is 0. The predicted molar refractivity (Wildman–Crippen MR) is 157 cm³/mol. The quantitative estimate of drug-likeness (QED) is 0.255. The molecule has 0 saturated carbocycles. The fourth-order valence-electron chi connectivity index (χ4n) is 5.25. The molecule has 0 saturated heterocycles. The molecule has 0 atom stereocenters. The Bertz CT molecular complexity index is 1690. The average molecular weight is 483 g/mol. The number of aryl methyl sites for hydroxylation is 2. The van der Waals surface area contributed by atoms with Crippen LogP contribution in [0.15, 0.2) is 121 Å². The van der Waals surface area contributed by atoms with Crippen molar-refractivity contribution in [2.75, 3.05) is 0 Å². The molecule has 0 unspecified atom stereocenters. The molecule has 0 aliphatic heterocycles. The van der Waals surface area contributed by atoms with Crippen molar-refractivity contribution in [2.45, 2.75) is 13.8 Å². The van der Waals surface area contributed by atoms with Crippen molar-refractivity contribution in [1.29, 1.82) is 0 Å². The highest BCUT2D eigenvalue weighted by atomic mass is 31.1. The summed E-state index contributed by atoms with van der Waals surface area (Å²) in [7, 11) is -0.884. The highest BCUT2D eigenvalue weighted by Crippen LogP contribution is 2.45. The van der Waals surface area contributed by atoms with Crippen LogP contribution in [0.25, 0.3) is 32.7 Å². The van der Waals surface area contributed by atoms with Crippen LogP contribution in [0.5, 0.6) is 5.75 Å². The Kier molecular flexibility index (Phi) is 5.80. The Morgan fingerprint density at radius 1 is 0.444 bits per heavy atom. The molecule has 0 bridgehead atoms. The van der Waals surface area contributed by atoms with Gasteiger partial charge in [0.25, 0.3) is 0 Å². The van der Waals surface area contributed by atoms with Crippen molar-refractivity contribution in [3.63, 3.8) is 0 Å². The van der Waals surface area contributed by atoms with Gasteiger partial charge < -0.3 is 5.11 Å². The highest BCUT2D eigenvalue weighted by molar-refractivity contribution is 7.80. The maximum Gasteiger partial charge on any atom is 0.124 e. The number of phenols is 1. The number of rotatable bonds is 4. The van der Waals surface area contributed by atoms with E-state index in [2.05, 4.69) is 123 Å². The van der Waals surface area contributed by atoms with E-state index >= 15 is 0 Å². The number of benzene rings is 6. The first-order chi connectivity index (χ1) is 17.6. The van der Waals surface area contributed by atoms with Crippen LogP contribution >= 0.6 is 7.92 Å². The minimum Gasteiger partial charge on any atom is -0.507 e. The standard InChI is InChI=1S/C34H27OP/c1-23-11-3-9-17-30(23)36(31-18-10-4-12-24(31)2)32-22-20-26-14-6-8-16-28(26)34(32)33-27-15-7-5-13-25(27)19-21-29(33)35/h3-22,35H,1-2H3. The van der Waals surface area contributed by atoms with Crippen LogP contribution in [0.1, 0.15) is 11.1 Å². The number of phenolic OH excluding ortho intramolecular Hbond substituents is 1. The normalized spacial score (nSPS) is 11.4. The summed E-state index contributed by atoms with van der Waals surface area (Å²) >= 11 is 0. The Morgan fingerprint density at radius 2 is 0.917 bits per heavy atom. The maximum absolute atomic E-state index is 11.4. The topological polar surface area (TPSA) is 20.2 Å². The molecule has 6 aromatic carbocycles. The Morgan fingerprint density at radius 3 is 1.50 bits per heavy atom. The van der Waals surface area contributed by atoms with E-state index < -0.39 is 7.92 Å². The van der Waals surface area contributed by atoms with Gasteiger partial charge in [0.2, 0.25) is 0 Å². The van der Waals surface area contributed by atoms with Crippen molar-refractivity contribution in [3.8, 4) is 16.9 Å². The molecule has 0 spiro atoms. The predicted octanol–water partition coefficient (Wildman–Crippen LogP) is 7.74. The lowest BCUT2D eigenvalue weighted by Gasteiger charge is -2.27. The molecule has 6 aromatic rings. The smallest absolute Gasteiger partial charge is 0.124 e. The minimum atomic E-state index is -0.884. The van der Waals surface area contributed by atoms with E-state index in [1.165, 1.54) is 32.4 Å². The number of hydrogen-bond acceptors (Lipinski definition) is 1. The van der Waals surface area contributed by atoms with Gasteiger partial charge in [0, 0.05) is 11.1 Å². The van der Waals surface area contributed by atoms with Gasteiger partial charge in [-0.2, -0.15) is 0 Å². The number of aromatic hydroxyl groups is 1. The molecule has 0 aromatic heterocycles. The second kappa shape index (κ2) is 9.26. The fourth-order valence-corrected chi connectivity index (χ4v) is 8.03. The lowest BCUT2D eigenvalue weighted by molar-refractivity contribution is 0.478. The molecular formula is C34H27OP. The molecule has 0 fully saturated rings. The molecule has 0 heterocycles. The van der Waals surface area contributed by atoms with E-state index in [0.717, 1.165) is 27.3 Å². The van der Waals surface area contributed by atoms with Crippen molar-refractivity contribution >= 4 is 45.4 Å². The van der Waals surface area contributed by atoms with Gasteiger partial charge >= 0.3 is 0 Å². The first kappa shape index (κ1) is 22.5. The van der Waals surface area contributed by atoms with E-state index in [1.54, 1.807) is 0 Å². The van der Waals surface area contributed by atoms with Crippen LogP contribution in [0.3, 0.4) is 0 Å². The van der Waals surface area contributed by atoms with Crippen LogP contribution in [0, 0.1) is 13.8 Å². The molecule has 1 N–H and O–H groups in total. The zero-order valence-corrected chi connectivity index (χ0v) is 21.3. The van der Waals surface area contributed by atoms with E-state index in [9.17, 15) is 5.11 Å². The zero-order chi connectivity index (χ0) is 24.6. The maximum atomic E-state index is 11.4. The summed E-state index contributed by atoms with van der Waals surface area (Å²) in [6.45, 7) is 4.41. The first-order valence-electron chi connectivity index (χ1n) is 12.3. The average Bonchev–Trinajstić information content (AvgIpc) is 2.91. The van der Waals surface area contributed by atoms with Gasteiger partial charge in [-0.25, -0.2) is 0 Å². The highest BCUT2D eigenvalue weighted by Gasteiger charge is 2.26. The Balaban J connectivity index is 1.79. The molecule has 0 radical (unpaired) electrons. The Hall–Kier alpha value is -3.93. The van der Waals surface area contributed by atoms with E-state index in [-0.39, 0.29) is 0 Å². The molecule has 0 aliphatic rings. The second-order valence-electron chi connectivity index (χ2n) is 9.27. The third-order valence-electron chi connectivity index (χ3n) is 7.02. The molecule has 0 aliphatic carbocycles. The summed E-state index contributed by atoms with van der Waals surface area (Å²) in [5, 5.41) is 19.9. The number of hydrogen-bond donors (Lipinski definition) is 1. The lowest BCUT2D eigenvalue weighted by atomic mass is 9.93. The first-order valence-corrected chi connectivity index (χ1v) is 13.6. The molecule has 36 heavy (non-hydrogen) atoms. The van der Waals surface area contributed by atoms with Crippen LogP contribution in [0.2, 0.25) is 0 Å². The molecule has 174 valence electrons. The Labute approximate surface area is 213 Å². The SMILES string of the molecule is Cc1ccccc1P(c1ccccc1C)c1ccc2ccccc2c1-c1c(O)ccc2ccccc12. The van der Waals surface area contributed by atoms with E-state index in [1.807, 2.05) is 12.1 Å². The summed E-state index contributed by atoms with van der Waals surface area (Å²) in [5.41, 5.74) is 4.61. The summed E-state index contributed by atoms with van der Waals surface area (Å²) in [6.07, 6.45) is 0. The van der Waals surface area contributed by atoms with E-state index in [4.69, 9.17) is 0 Å². The van der Waals surface area contributed by atoms with Gasteiger partial charge in [-0.15, -0.1) is 0 Å². The van der Waals surface area contributed by atoms with Crippen molar-refractivity contribution < 1.29 is 5.11 Å². The third-order valence-corrected chi connectivity index (χ3v) is 9.84. The molecule has 2 heteroatoms. The summed E-state index contributed by atoms with van der Waals surface area (Å²) in [5.74, 6) is 0.316. The molecular weight excluding hydrogens is 455 g/mol. The molecule has 0 amide bonds. The van der Waals surface area contributed by atoms with Crippen LogP contribution in [0.4, 0.5) is 0 Å². The van der Waals surface area contributed by atoms with Crippen molar-refractivity contribution in [1.82, 2.24) is 0 Å². The van der Waals surface area contributed by atoms with Crippen LogP contribution in [-0.4, -0.2) is 5.11 Å². The monoisotopic (exact) mass is 482 g/mol. The number of fused-ring (bicyclic) bond motifs is 2. The third kappa shape index (κ3) is 3.77. The van der Waals surface area contributed by atoms with Gasteiger partial charge in [0.15, 0.2) is 0 Å². The minimum absolute atomic E-state index is 0.316. The van der Waals surface area contributed by atoms with E-state index in [0.29, 0.717) is 5.75 Å². The lowest BCUT2D eigenvalue weighted by Crippen LogP contribution is -2.25. The van der Waals surface area contributed by atoms with Gasteiger partial charge in [-0.1, -0.05) is 115 Å². The van der Waals surface area contributed by atoms with Gasteiger partial charge in [0.1, 0.15) is 5.75 Å². The largest absolute Gasteiger partial charge is 0.507 e. The summed E-state index contributed by atoms with van der Waals surface area (Å²) in [6, 6.07) is 42.7. The van der Waals surface area contributed by atoms with Crippen molar-refractivity contribution in [2.24, 2.45) is 0 Å².